The van der Waals surface area contributed by atoms with Crippen LogP contribution in [0.5, 0.6) is 0 Å². The van der Waals surface area contributed by atoms with Crippen molar-refractivity contribution in [3.05, 3.63) is 0 Å². The fraction of sp³-hybridized carbons (Fsp3) is 0.857. The van der Waals surface area contributed by atoms with E-state index in [0.717, 1.165) is 0 Å². The van der Waals surface area contributed by atoms with E-state index in [1.54, 1.807) is 6.92 Å². The molecule has 0 saturated heterocycles. The van der Waals surface area contributed by atoms with Crippen LogP contribution in [0.2, 0.25) is 0 Å². The fourth-order valence-corrected chi connectivity index (χ4v) is 3.02. The number of nitrogens with zero attached hydrogens (tertiary/aromatic N) is 1. The van der Waals surface area contributed by atoms with E-state index in [-0.39, 0.29) is 5.92 Å². The molecule has 1 N–H and O–H groups in total. The van der Waals surface area contributed by atoms with Crippen LogP contribution < -0.4 is 0 Å². The summed E-state index contributed by atoms with van der Waals surface area (Å²) in [5.74, 6) is -0.952. The molecular weight excluding hydrogens is 230 g/mol. The zero-order valence-corrected chi connectivity index (χ0v) is 12.5. The van der Waals surface area contributed by atoms with Crippen molar-refractivity contribution >= 4 is 5.97 Å². The first-order valence-electron chi connectivity index (χ1n) is 6.19. The van der Waals surface area contributed by atoms with Gasteiger partial charge in [-0.2, -0.15) is 10.5 Å². The predicted octanol–water partition coefficient (Wildman–Crippen LogP) is 3.63. The van der Waals surface area contributed by atoms with Crippen LogP contribution in [0.25, 0.3) is 0 Å². The molecule has 0 aliphatic heterocycles. The maximum absolute atomic E-state index is 12.2. The Hall–Kier alpha value is -1.08. The Morgan fingerprint density at radius 3 is 1.83 bits per heavy atom. The summed E-state index contributed by atoms with van der Waals surface area (Å²) in [6.07, 6.45) is 0.357. The molecule has 0 aliphatic carbocycles. The summed E-state index contributed by atoms with van der Waals surface area (Å²) in [5, 5.41) is 17.9. The SMILES string of the molecule is CC(C#N)CC(C(=O)OO)(C(C)(C)C)C(C)(C)C. The summed E-state index contributed by atoms with van der Waals surface area (Å²) in [7, 11) is 0. The molecule has 4 heteroatoms. The van der Waals surface area contributed by atoms with Gasteiger partial charge in [-0.15, -0.1) is 0 Å². The van der Waals surface area contributed by atoms with Crippen LogP contribution in [-0.4, -0.2) is 11.2 Å². The third-order valence-corrected chi connectivity index (χ3v) is 3.82. The van der Waals surface area contributed by atoms with Gasteiger partial charge in [-0.25, -0.2) is 4.79 Å². The van der Waals surface area contributed by atoms with E-state index in [4.69, 9.17) is 10.5 Å². The molecule has 0 rings (SSSR count). The first-order valence-corrected chi connectivity index (χ1v) is 6.19. The average Bonchev–Trinajstić information content (AvgIpc) is 2.20. The molecule has 4 nitrogen and oxygen atoms in total. The minimum atomic E-state index is -0.927. The molecular formula is C14H25NO3. The molecule has 1 unspecified atom stereocenters. The van der Waals surface area contributed by atoms with Gasteiger partial charge in [0.15, 0.2) is 0 Å². The third kappa shape index (κ3) is 2.84. The summed E-state index contributed by atoms with van der Waals surface area (Å²) >= 11 is 0. The van der Waals surface area contributed by atoms with Gasteiger partial charge in [-0.3, -0.25) is 0 Å². The van der Waals surface area contributed by atoms with Crippen molar-refractivity contribution in [2.75, 3.05) is 0 Å². The molecule has 0 aromatic carbocycles. The lowest BCUT2D eigenvalue weighted by Gasteiger charge is -2.51. The smallest absolute Gasteiger partial charge is 0.300 e. The lowest BCUT2D eigenvalue weighted by Crippen LogP contribution is -2.53. The van der Waals surface area contributed by atoms with Gasteiger partial charge in [0, 0.05) is 5.92 Å². The number of hydrogen-bond acceptors (Lipinski definition) is 4. The summed E-state index contributed by atoms with van der Waals surface area (Å²) in [4.78, 5) is 16.3. The normalized spacial score (nSPS) is 14.8. The molecule has 0 heterocycles. The van der Waals surface area contributed by atoms with Gasteiger partial charge in [-0.05, 0) is 24.2 Å². The van der Waals surface area contributed by atoms with Crippen LogP contribution in [0.1, 0.15) is 54.9 Å². The molecule has 0 amide bonds. The van der Waals surface area contributed by atoms with Crippen LogP contribution >= 0.6 is 0 Å². The highest BCUT2D eigenvalue weighted by molar-refractivity contribution is 5.78. The zero-order chi connectivity index (χ0) is 14.8. The Morgan fingerprint density at radius 1 is 1.22 bits per heavy atom. The molecule has 0 bridgehead atoms. The fourth-order valence-electron chi connectivity index (χ4n) is 3.02. The summed E-state index contributed by atoms with van der Waals surface area (Å²) in [6, 6.07) is 2.15. The van der Waals surface area contributed by atoms with Gasteiger partial charge >= 0.3 is 5.97 Å². The van der Waals surface area contributed by atoms with Crippen molar-refractivity contribution in [3.63, 3.8) is 0 Å². The number of carbonyl (C=O) groups is 1. The molecule has 0 fully saturated rings. The second-order valence-electron chi connectivity index (χ2n) is 7.02. The largest absolute Gasteiger partial charge is 0.349 e. The molecule has 0 aromatic rings. The summed E-state index contributed by atoms with van der Waals surface area (Å²) < 4.78 is 0. The number of hydrogen-bond donors (Lipinski definition) is 1. The minimum Gasteiger partial charge on any atom is -0.300 e. The lowest BCUT2D eigenvalue weighted by molar-refractivity contribution is -0.260. The molecule has 18 heavy (non-hydrogen) atoms. The molecule has 0 aromatic heterocycles. The van der Waals surface area contributed by atoms with Crippen LogP contribution in [0.3, 0.4) is 0 Å². The van der Waals surface area contributed by atoms with Gasteiger partial charge in [0.25, 0.3) is 0 Å². The zero-order valence-electron chi connectivity index (χ0n) is 12.5. The first kappa shape index (κ1) is 16.9. The van der Waals surface area contributed by atoms with Crippen molar-refractivity contribution in [1.29, 1.82) is 5.26 Å². The van der Waals surface area contributed by atoms with Crippen molar-refractivity contribution in [1.82, 2.24) is 0 Å². The quantitative estimate of drug-likeness (QED) is 0.617. The summed E-state index contributed by atoms with van der Waals surface area (Å²) in [5.41, 5.74) is -1.80. The van der Waals surface area contributed by atoms with E-state index in [1.807, 2.05) is 41.5 Å². The van der Waals surface area contributed by atoms with Crippen LogP contribution in [0.4, 0.5) is 0 Å². The van der Waals surface area contributed by atoms with E-state index in [9.17, 15) is 4.79 Å². The second-order valence-corrected chi connectivity index (χ2v) is 7.02. The Bertz CT molecular complexity index is 328. The highest BCUT2D eigenvalue weighted by Crippen LogP contribution is 2.55. The van der Waals surface area contributed by atoms with E-state index in [2.05, 4.69) is 11.0 Å². The molecule has 0 saturated carbocycles. The minimum absolute atomic E-state index is 0.289. The topological polar surface area (TPSA) is 70.3 Å². The van der Waals surface area contributed by atoms with Crippen LogP contribution in [0.15, 0.2) is 0 Å². The molecule has 0 aliphatic rings. The third-order valence-electron chi connectivity index (χ3n) is 3.82. The average molecular weight is 255 g/mol. The van der Waals surface area contributed by atoms with Gasteiger partial charge in [0.05, 0.1) is 11.5 Å². The second kappa shape index (κ2) is 5.27. The van der Waals surface area contributed by atoms with Gasteiger partial charge in [-0.1, -0.05) is 41.5 Å². The van der Waals surface area contributed by atoms with Crippen LogP contribution in [-0.2, 0) is 9.68 Å². The Balaban J connectivity index is 5.91. The predicted molar refractivity (Wildman–Crippen MR) is 69.5 cm³/mol. The lowest BCUT2D eigenvalue weighted by atomic mass is 9.51. The van der Waals surface area contributed by atoms with Crippen LogP contribution in [0, 0.1) is 33.5 Å². The molecule has 1 atom stereocenters. The maximum Gasteiger partial charge on any atom is 0.349 e. The van der Waals surface area contributed by atoms with E-state index in [1.165, 1.54) is 0 Å². The highest BCUT2D eigenvalue weighted by Gasteiger charge is 2.58. The molecule has 0 spiro atoms. The summed E-state index contributed by atoms with van der Waals surface area (Å²) in [6.45, 7) is 13.4. The maximum atomic E-state index is 12.2. The first-order chi connectivity index (χ1) is 7.94. The van der Waals surface area contributed by atoms with Crippen molar-refractivity contribution in [2.24, 2.45) is 22.2 Å². The standard InChI is InChI=1S/C14H25NO3/c1-10(9-15)8-14(11(16)18-17,12(2,3)4)13(5,6)7/h10,17H,8H2,1-7H3. The van der Waals surface area contributed by atoms with Gasteiger partial charge in [0.1, 0.15) is 0 Å². The Morgan fingerprint density at radius 2 is 1.61 bits per heavy atom. The van der Waals surface area contributed by atoms with E-state index < -0.39 is 22.2 Å². The van der Waals surface area contributed by atoms with Gasteiger partial charge < -0.3 is 4.89 Å². The monoisotopic (exact) mass is 255 g/mol. The van der Waals surface area contributed by atoms with Crippen molar-refractivity contribution in [3.8, 4) is 6.07 Å². The van der Waals surface area contributed by atoms with E-state index >= 15 is 0 Å². The number of rotatable bonds is 3. The highest BCUT2D eigenvalue weighted by atomic mass is 17.1. The van der Waals surface area contributed by atoms with Gasteiger partial charge in [0.2, 0.25) is 0 Å². The molecule has 0 radical (unpaired) electrons. The number of nitriles is 1. The van der Waals surface area contributed by atoms with Crippen molar-refractivity contribution < 1.29 is 14.9 Å². The Labute approximate surface area is 110 Å². The van der Waals surface area contributed by atoms with E-state index in [0.29, 0.717) is 6.42 Å². The number of carbonyl (C=O) groups excluding carboxylic acids is 1. The molecule has 104 valence electrons. The Kier molecular flexibility index (Phi) is 4.96. The van der Waals surface area contributed by atoms with Crippen molar-refractivity contribution in [2.45, 2.75) is 54.9 Å².